The van der Waals surface area contributed by atoms with E-state index in [4.69, 9.17) is 5.21 Å². The van der Waals surface area contributed by atoms with Crippen molar-refractivity contribution >= 4 is 0 Å². The van der Waals surface area contributed by atoms with E-state index in [1.54, 1.807) is 12.4 Å². The van der Waals surface area contributed by atoms with Crippen molar-refractivity contribution < 1.29 is 6.63 Å². The maximum Gasteiger partial charge on any atom is 0.0473 e. The van der Waals surface area contributed by atoms with Crippen LogP contribution >= 0.6 is 0 Å². The molecule has 1 aromatic rings. The van der Waals surface area contributed by atoms with Gasteiger partial charge in [0.05, 0.1) is 0 Å². The monoisotopic (exact) mass is 126 g/mol. The Morgan fingerprint density at radius 1 is 1.78 bits per heavy atom. The second kappa shape index (κ2) is 3.17. The normalized spacial score (nSPS) is 9.44. The molecule has 9 heavy (non-hydrogen) atoms. The molecule has 0 aromatic carbocycles. The van der Waals surface area contributed by atoms with Crippen molar-refractivity contribution in [2.24, 2.45) is 0 Å². The Bertz CT molecular complexity index is 169. The van der Waals surface area contributed by atoms with Gasteiger partial charge in [-0.25, -0.2) is 5.48 Å². The average molecular weight is 126 g/mol. The summed E-state index contributed by atoms with van der Waals surface area (Å²) >= 11 is 0. The van der Waals surface area contributed by atoms with Crippen molar-refractivity contribution in [3.05, 3.63) is 30.1 Å². The van der Waals surface area contributed by atoms with Gasteiger partial charge in [0.2, 0.25) is 0 Å². The molecule has 3 nitrogen and oxygen atoms in total. The highest BCUT2D eigenvalue weighted by atomic mass is 16.5. The highest BCUT2D eigenvalue weighted by molar-refractivity contribution is 5.07. The maximum absolute atomic E-state index is 8.24. The van der Waals surface area contributed by atoms with Crippen LogP contribution in [0.3, 0.4) is 0 Å². The first kappa shape index (κ1) is 6.19. The highest BCUT2D eigenvalue weighted by Gasteiger charge is 1.85. The molecule has 2 N–H and O–H groups in total. The van der Waals surface area contributed by atoms with Crippen molar-refractivity contribution in [2.75, 3.05) is 0 Å². The molecule has 0 amide bonds. The van der Waals surface area contributed by atoms with Crippen molar-refractivity contribution in [1.29, 1.82) is 0 Å². The zero-order chi connectivity index (χ0) is 6.53. The van der Waals surface area contributed by atoms with E-state index in [0.29, 0.717) is 6.54 Å². The zero-order valence-electron chi connectivity index (χ0n) is 4.91. The van der Waals surface area contributed by atoms with Crippen LogP contribution in [0, 0.1) is 0 Å². The second-order valence-electron chi connectivity index (χ2n) is 1.70. The molecule has 0 bridgehead atoms. The fraction of sp³-hybridized carbons (Fsp3) is 0.167. The fourth-order valence-electron chi connectivity index (χ4n) is 0.594. The number of pyridine rings is 1. The Hall–Kier alpha value is -0.930. The van der Waals surface area contributed by atoms with Crippen molar-refractivity contribution in [2.45, 2.75) is 6.54 Å². The molecule has 0 aliphatic rings. The van der Waals surface area contributed by atoms with Gasteiger partial charge in [-0.2, -0.15) is 0 Å². The number of nitrogens with zero attached hydrogens (tertiary/aromatic N) is 1. The van der Waals surface area contributed by atoms with Crippen LogP contribution in [0.5, 0.6) is 0 Å². The molecule has 1 heterocycles. The molecule has 0 radical (unpaired) electrons. The molecule has 0 saturated carbocycles. The quantitative estimate of drug-likeness (QED) is 0.576. The number of rotatable bonds is 2. The van der Waals surface area contributed by atoms with E-state index in [1.807, 2.05) is 17.6 Å². The minimum absolute atomic E-state index is 0. The van der Waals surface area contributed by atoms with E-state index < -0.39 is 0 Å². The van der Waals surface area contributed by atoms with E-state index in [2.05, 4.69) is 4.98 Å². The summed E-state index contributed by atoms with van der Waals surface area (Å²) in [6, 6.07) is 3.71. The summed E-state index contributed by atoms with van der Waals surface area (Å²) in [6.45, 7) is 0.452. The number of aromatic nitrogens is 1. The Labute approximate surface area is 54.8 Å². The lowest BCUT2D eigenvalue weighted by Gasteiger charge is -1.94. The van der Waals surface area contributed by atoms with E-state index in [9.17, 15) is 0 Å². The number of hydrogen-bond donors (Lipinski definition) is 2. The zero-order valence-corrected chi connectivity index (χ0v) is 4.91. The van der Waals surface area contributed by atoms with Crippen molar-refractivity contribution in [3.8, 4) is 0 Å². The number of hydroxylamine groups is 1. The molecule has 0 aliphatic heterocycles. The Morgan fingerprint density at radius 2 is 2.67 bits per heavy atom. The SMILES string of the molecule is ONCc1cccnc1.[HH]. The van der Waals surface area contributed by atoms with Gasteiger partial charge in [0.1, 0.15) is 0 Å². The van der Waals surface area contributed by atoms with Gasteiger partial charge in [-0.3, -0.25) is 4.98 Å². The second-order valence-corrected chi connectivity index (χ2v) is 1.70. The Morgan fingerprint density at radius 3 is 3.22 bits per heavy atom. The van der Waals surface area contributed by atoms with Gasteiger partial charge >= 0.3 is 0 Å². The summed E-state index contributed by atoms with van der Waals surface area (Å²) in [5.74, 6) is 0. The first-order valence-electron chi connectivity index (χ1n) is 2.69. The molecule has 3 heteroatoms. The molecule has 0 aliphatic carbocycles. The Kier molecular flexibility index (Phi) is 2.18. The predicted molar refractivity (Wildman–Crippen MR) is 35.0 cm³/mol. The lowest BCUT2D eigenvalue weighted by molar-refractivity contribution is 0.161. The van der Waals surface area contributed by atoms with Gasteiger partial charge in [0, 0.05) is 20.4 Å². The summed E-state index contributed by atoms with van der Waals surface area (Å²) in [5, 5.41) is 8.24. The molecule has 0 atom stereocenters. The summed E-state index contributed by atoms with van der Waals surface area (Å²) in [4.78, 5) is 3.85. The molecule has 50 valence electrons. The van der Waals surface area contributed by atoms with Crippen molar-refractivity contribution in [1.82, 2.24) is 10.5 Å². The topological polar surface area (TPSA) is 45.1 Å². The van der Waals surface area contributed by atoms with Crippen LogP contribution in [0.4, 0.5) is 0 Å². The van der Waals surface area contributed by atoms with Gasteiger partial charge in [0.25, 0.3) is 0 Å². The van der Waals surface area contributed by atoms with Gasteiger partial charge < -0.3 is 5.21 Å². The van der Waals surface area contributed by atoms with Gasteiger partial charge in [-0.1, -0.05) is 6.07 Å². The highest BCUT2D eigenvalue weighted by Crippen LogP contribution is 1.92. The fourth-order valence-corrected chi connectivity index (χ4v) is 0.594. The third kappa shape index (κ3) is 1.79. The Balaban J connectivity index is 0.000000810. The summed E-state index contributed by atoms with van der Waals surface area (Å²) in [5.41, 5.74) is 3.02. The van der Waals surface area contributed by atoms with Crippen LogP contribution in [0.1, 0.15) is 6.99 Å². The van der Waals surface area contributed by atoms with Crippen LogP contribution in [0.15, 0.2) is 24.5 Å². The molecular formula is C6H10N2O. The van der Waals surface area contributed by atoms with Crippen LogP contribution in [0.25, 0.3) is 0 Å². The van der Waals surface area contributed by atoms with Gasteiger partial charge in [0.15, 0.2) is 0 Å². The van der Waals surface area contributed by atoms with Crippen LogP contribution in [0.2, 0.25) is 0 Å². The molecule has 1 rings (SSSR count). The largest absolute Gasteiger partial charge is 0.316 e. The van der Waals surface area contributed by atoms with E-state index in [0.717, 1.165) is 5.56 Å². The average Bonchev–Trinajstić information content (AvgIpc) is 1.91. The molecular weight excluding hydrogens is 116 g/mol. The smallest absolute Gasteiger partial charge is 0.0473 e. The molecule has 0 spiro atoms. The van der Waals surface area contributed by atoms with Crippen LogP contribution < -0.4 is 5.48 Å². The minimum atomic E-state index is 0. The third-order valence-electron chi connectivity index (χ3n) is 1.01. The van der Waals surface area contributed by atoms with Gasteiger partial charge in [-0.05, 0) is 11.6 Å². The number of hydrogen-bond acceptors (Lipinski definition) is 3. The minimum Gasteiger partial charge on any atom is -0.316 e. The first-order chi connectivity index (χ1) is 4.43. The number of nitrogens with one attached hydrogen (secondary N) is 1. The van der Waals surface area contributed by atoms with Crippen LogP contribution in [-0.4, -0.2) is 10.2 Å². The molecule has 0 saturated heterocycles. The first-order valence-corrected chi connectivity index (χ1v) is 2.69. The van der Waals surface area contributed by atoms with E-state index in [1.165, 1.54) is 0 Å². The summed E-state index contributed by atoms with van der Waals surface area (Å²) < 4.78 is 0. The lowest BCUT2D eigenvalue weighted by atomic mass is 10.3. The molecule has 1 aromatic heterocycles. The van der Waals surface area contributed by atoms with Gasteiger partial charge in [-0.15, -0.1) is 0 Å². The van der Waals surface area contributed by atoms with E-state index in [-0.39, 0.29) is 1.43 Å². The molecule has 0 unspecified atom stereocenters. The maximum atomic E-state index is 8.24. The van der Waals surface area contributed by atoms with Crippen molar-refractivity contribution in [3.63, 3.8) is 0 Å². The van der Waals surface area contributed by atoms with Crippen LogP contribution in [-0.2, 0) is 6.54 Å². The standard InChI is InChI=1S/C6H8N2O.H2/c9-8-5-6-2-1-3-7-4-6;/h1-4,8-9H,5H2;1H. The predicted octanol–water partition coefficient (Wildman–Crippen LogP) is 0.806. The summed E-state index contributed by atoms with van der Waals surface area (Å²) in [6.07, 6.45) is 3.39. The lowest BCUT2D eigenvalue weighted by Crippen LogP contribution is -2.05. The molecule has 0 fully saturated rings. The van der Waals surface area contributed by atoms with E-state index >= 15 is 0 Å². The third-order valence-corrected chi connectivity index (χ3v) is 1.01. The summed E-state index contributed by atoms with van der Waals surface area (Å²) in [7, 11) is 0.